The number of aryl methyl sites for hydroxylation is 1. The Bertz CT molecular complexity index is 672. The molecule has 0 spiro atoms. The molecule has 1 heterocycles. The molecule has 0 saturated carbocycles. The SMILES string of the molecule is CCNC(c1ccc(S(C)(=O)=O)cc1)c1ccc(C)s1. The smallest absolute Gasteiger partial charge is 0.175 e. The first-order chi connectivity index (χ1) is 9.41. The highest BCUT2D eigenvalue weighted by atomic mass is 32.2. The highest BCUT2D eigenvalue weighted by Crippen LogP contribution is 2.28. The van der Waals surface area contributed by atoms with Gasteiger partial charge in [-0.3, -0.25) is 0 Å². The van der Waals surface area contributed by atoms with Crippen LogP contribution in [0.4, 0.5) is 0 Å². The molecule has 2 aromatic rings. The summed E-state index contributed by atoms with van der Waals surface area (Å²) >= 11 is 1.76. The van der Waals surface area contributed by atoms with E-state index >= 15 is 0 Å². The molecule has 0 amide bonds. The minimum Gasteiger partial charge on any atom is -0.306 e. The quantitative estimate of drug-likeness (QED) is 0.923. The molecule has 0 saturated heterocycles. The molecule has 0 aliphatic carbocycles. The van der Waals surface area contributed by atoms with E-state index in [2.05, 4.69) is 31.3 Å². The topological polar surface area (TPSA) is 46.2 Å². The molecule has 0 bridgehead atoms. The lowest BCUT2D eigenvalue weighted by Gasteiger charge is -2.17. The molecule has 1 atom stereocenters. The molecule has 2 rings (SSSR count). The van der Waals surface area contributed by atoms with Crippen molar-refractivity contribution in [3.63, 3.8) is 0 Å². The molecule has 1 aromatic carbocycles. The van der Waals surface area contributed by atoms with E-state index in [0.29, 0.717) is 4.90 Å². The van der Waals surface area contributed by atoms with Gasteiger partial charge < -0.3 is 5.32 Å². The predicted molar refractivity (Wildman–Crippen MR) is 84.1 cm³/mol. The Morgan fingerprint density at radius 3 is 2.25 bits per heavy atom. The summed E-state index contributed by atoms with van der Waals surface area (Å²) in [5.41, 5.74) is 1.08. The Morgan fingerprint density at radius 2 is 1.80 bits per heavy atom. The summed E-state index contributed by atoms with van der Waals surface area (Å²) in [6.45, 7) is 5.01. The van der Waals surface area contributed by atoms with Crippen LogP contribution < -0.4 is 5.32 Å². The predicted octanol–water partition coefficient (Wildman–Crippen LogP) is 3.16. The largest absolute Gasteiger partial charge is 0.306 e. The average Bonchev–Trinajstić information content (AvgIpc) is 2.81. The zero-order valence-corrected chi connectivity index (χ0v) is 13.5. The lowest BCUT2D eigenvalue weighted by molar-refractivity contribution is 0.601. The van der Waals surface area contributed by atoms with E-state index in [1.807, 2.05) is 12.1 Å². The number of benzene rings is 1. The molecule has 0 aliphatic rings. The van der Waals surface area contributed by atoms with Gasteiger partial charge in [0.05, 0.1) is 10.9 Å². The van der Waals surface area contributed by atoms with Crippen LogP contribution in [0, 0.1) is 6.92 Å². The van der Waals surface area contributed by atoms with Crippen molar-refractivity contribution in [2.24, 2.45) is 0 Å². The number of hydrogen-bond donors (Lipinski definition) is 1. The molecule has 1 N–H and O–H groups in total. The third kappa shape index (κ3) is 3.48. The van der Waals surface area contributed by atoms with Gasteiger partial charge in [0.15, 0.2) is 9.84 Å². The van der Waals surface area contributed by atoms with Crippen LogP contribution in [0.3, 0.4) is 0 Å². The van der Waals surface area contributed by atoms with Crippen LogP contribution in [0.25, 0.3) is 0 Å². The summed E-state index contributed by atoms with van der Waals surface area (Å²) in [5, 5.41) is 3.45. The number of sulfone groups is 1. The van der Waals surface area contributed by atoms with Crippen LogP contribution >= 0.6 is 11.3 Å². The first kappa shape index (κ1) is 15.2. The van der Waals surface area contributed by atoms with Gasteiger partial charge in [-0.25, -0.2) is 8.42 Å². The summed E-state index contributed by atoms with van der Waals surface area (Å²) in [6, 6.07) is 11.5. The van der Waals surface area contributed by atoms with E-state index in [0.717, 1.165) is 12.1 Å². The Kier molecular flexibility index (Phi) is 4.62. The van der Waals surface area contributed by atoms with Gasteiger partial charge in [-0.05, 0) is 43.3 Å². The van der Waals surface area contributed by atoms with E-state index in [-0.39, 0.29) is 6.04 Å². The zero-order chi connectivity index (χ0) is 14.8. The number of thiophene rings is 1. The van der Waals surface area contributed by atoms with E-state index in [1.54, 1.807) is 23.5 Å². The summed E-state index contributed by atoms with van der Waals surface area (Å²) in [7, 11) is -3.14. The molecular weight excluding hydrogens is 290 g/mol. The van der Waals surface area contributed by atoms with Crippen molar-refractivity contribution in [1.82, 2.24) is 5.32 Å². The molecular formula is C15H19NO2S2. The second-order valence-corrected chi connectivity index (χ2v) is 8.12. The molecule has 20 heavy (non-hydrogen) atoms. The standard InChI is InChI=1S/C15H19NO2S2/c1-4-16-15(14-10-5-11(2)19-14)12-6-8-13(9-7-12)20(3,17)18/h5-10,15-16H,4H2,1-3H3. The van der Waals surface area contributed by atoms with Crippen molar-refractivity contribution in [3.05, 3.63) is 51.7 Å². The molecule has 108 valence electrons. The molecule has 0 fully saturated rings. The maximum Gasteiger partial charge on any atom is 0.175 e. The molecule has 3 nitrogen and oxygen atoms in total. The average molecular weight is 309 g/mol. The zero-order valence-electron chi connectivity index (χ0n) is 11.9. The Balaban J connectivity index is 2.35. The summed E-state index contributed by atoms with van der Waals surface area (Å²) in [6.07, 6.45) is 1.23. The highest BCUT2D eigenvalue weighted by molar-refractivity contribution is 7.90. The first-order valence-corrected chi connectivity index (χ1v) is 9.22. The lowest BCUT2D eigenvalue weighted by Crippen LogP contribution is -2.21. The molecule has 5 heteroatoms. The van der Waals surface area contributed by atoms with Crippen LogP contribution in [0.15, 0.2) is 41.3 Å². The van der Waals surface area contributed by atoms with E-state index in [1.165, 1.54) is 16.0 Å². The van der Waals surface area contributed by atoms with Gasteiger partial charge in [0.25, 0.3) is 0 Å². The fraction of sp³-hybridized carbons (Fsp3) is 0.333. The third-order valence-electron chi connectivity index (χ3n) is 3.10. The third-order valence-corrected chi connectivity index (χ3v) is 5.29. The summed E-state index contributed by atoms with van der Waals surface area (Å²) in [5.74, 6) is 0. The van der Waals surface area contributed by atoms with Crippen LogP contribution in [-0.2, 0) is 9.84 Å². The van der Waals surface area contributed by atoms with Crippen LogP contribution in [-0.4, -0.2) is 21.2 Å². The van der Waals surface area contributed by atoms with Gasteiger partial charge in [-0.1, -0.05) is 19.1 Å². The van der Waals surface area contributed by atoms with E-state index in [4.69, 9.17) is 0 Å². The fourth-order valence-electron chi connectivity index (χ4n) is 2.10. The normalized spacial score (nSPS) is 13.3. The van der Waals surface area contributed by atoms with Crippen molar-refractivity contribution < 1.29 is 8.42 Å². The van der Waals surface area contributed by atoms with Crippen molar-refractivity contribution in [2.45, 2.75) is 24.8 Å². The summed E-state index contributed by atoms with van der Waals surface area (Å²) in [4.78, 5) is 2.88. The van der Waals surface area contributed by atoms with Crippen LogP contribution in [0.1, 0.15) is 28.3 Å². The second kappa shape index (κ2) is 6.08. The van der Waals surface area contributed by atoms with Crippen molar-refractivity contribution in [2.75, 3.05) is 12.8 Å². The van der Waals surface area contributed by atoms with Crippen LogP contribution in [0.2, 0.25) is 0 Å². The van der Waals surface area contributed by atoms with Crippen molar-refractivity contribution >= 4 is 21.2 Å². The van der Waals surface area contributed by atoms with Gasteiger partial charge >= 0.3 is 0 Å². The number of hydrogen-bond acceptors (Lipinski definition) is 4. The van der Waals surface area contributed by atoms with Crippen molar-refractivity contribution in [3.8, 4) is 0 Å². The van der Waals surface area contributed by atoms with Gasteiger partial charge in [0, 0.05) is 16.0 Å². The second-order valence-electron chi connectivity index (χ2n) is 4.78. The first-order valence-electron chi connectivity index (χ1n) is 6.51. The van der Waals surface area contributed by atoms with Crippen LogP contribution in [0.5, 0.6) is 0 Å². The highest BCUT2D eigenvalue weighted by Gasteiger charge is 2.15. The molecule has 0 radical (unpaired) electrons. The minimum atomic E-state index is -3.14. The molecule has 1 aromatic heterocycles. The Hall–Kier alpha value is -1.17. The fourth-order valence-corrected chi connectivity index (χ4v) is 3.71. The van der Waals surface area contributed by atoms with E-state index in [9.17, 15) is 8.42 Å². The summed E-state index contributed by atoms with van der Waals surface area (Å²) < 4.78 is 23.0. The van der Waals surface area contributed by atoms with E-state index < -0.39 is 9.84 Å². The monoisotopic (exact) mass is 309 g/mol. The van der Waals surface area contributed by atoms with Gasteiger partial charge in [0.1, 0.15) is 0 Å². The molecule has 1 unspecified atom stereocenters. The lowest BCUT2D eigenvalue weighted by atomic mass is 10.1. The number of nitrogens with one attached hydrogen (secondary N) is 1. The van der Waals surface area contributed by atoms with Gasteiger partial charge in [-0.15, -0.1) is 11.3 Å². The maximum atomic E-state index is 11.5. The van der Waals surface area contributed by atoms with Crippen molar-refractivity contribution in [1.29, 1.82) is 0 Å². The maximum absolute atomic E-state index is 11.5. The minimum absolute atomic E-state index is 0.118. The van der Waals surface area contributed by atoms with Gasteiger partial charge in [0.2, 0.25) is 0 Å². The number of rotatable bonds is 5. The van der Waals surface area contributed by atoms with Gasteiger partial charge in [-0.2, -0.15) is 0 Å². The Morgan fingerprint density at radius 1 is 1.15 bits per heavy atom. The molecule has 0 aliphatic heterocycles. The Labute approximate surface area is 124 Å².